The summed E-state index contributed by atoms with van der Waals surface area (Å²) < 4.78 is 16.9. The Balaban J connectivity index is 1.93. The monoisotopic (exact) mass is 457 g/mol. The molecule has 0 bridgehead atoms. The van der Waals surface area contributed by atoms with Gasteiger partial charge in [-0.15, -0.1) is 6.58 Å². The molecule has 1 saturated heterocycles. The number of hydrogen-bond acceptors (Lipinski definition) is 7. The molecule has 3 rings (SSSR count). The largest absolute Gasteiger partial charge is 0.497 e. The number of amides is 1. The van der Waals surface area contributed by atoms with Crippen LogP contribution < -0.4 is 9.47 Å². The number of aryl methyl sites for hydroxylation is 1. The first kappa shape index (κ1) is 24.3. The molecule has 1 N–H and O–H groups in total. The minimum absolute atomic E-state index is 0.0520. The van der Waals surface area contributed by atoms with Crippen LogP contribution in [0.1, 0.15) is 46.2 Å². The molecule has 33 heavy (non-hydrogen) atoms. The van der Waals surface area contributed by atoms with E-state index in [0.29, 0.717) is 41.2 Å². The predicted molar refractivity (Wildman–Crippen MR) is 123 cm³/mol. The van der Waals surface area contributed by atoms with Crippen molar-refractivity contribution >= 4 is 23.1 Å². The third-order valence-corrected chi connectivity index (χ3v) is 5.45. The van der Waals surface area contributed by atoms with E-state index < -0.39 is 29.3 Å². The molecule has 0 saturated carbocycles. The molecule has 2 aromatic rings. The molecule has 1 aliphatic heterocycles. The van der Waals surface area contributed by atoms with Crippen molar-refractivity contribution in [1.29, 1.82) is 0 Å². The van der Waals surface area contributed by atoms with Gasteiger partial charge in [0.2, 0.25) is 5.88 Å². The van der Waals surface area contributed by atoms with E-state index in [-0.39, 0.29) is 13.0 Å². The average molecular weight is 458 g/mol. The predicted octanol–water partition coefficient (Wildman–Crippen LogP) is 3.99. The standard InChI is InChI=1S/C24H31N3O6/c1-7-8-9-18-20(26-19-12-15(31-6)10-11-17(19)25-18)32-16-13-24(5,21(28)29)27(14-16)22(30)33-23(2,3)4/h7,10-12,16H,1,8-9,13-14H2,2-6H3,(H,28,29)/t16-,24+/m1/s1. The number of carbonyl (C=O) groups excluding carboxylic acids is 1. The number of fused-ring (bicyclic) bond motifs is 1. The molecular formula is C24H31N3O6. The molecule has 0 spiro atoms. The van der Waals surface area contributed by atoms with Crippen LogP contribution in [-0.4, -0.2) is 62.9 Å². The number of benzene rings is 1. The quantitative estimate of drug-likeness (QED) is 0.622. The highest BCUT2D eigenvalue weighted by atomic mass is 16.6. The molecule has 178 valence electrons. The molecule has 1 aromatic heterocycles. The maximum Gasteiger partial charge on any atom is 0.411 e. The molecule has 1 aromatic carbocycles. The SMILES string of the molecule is C=CCCc1nc2ccc(OC)cc2nc1O[C@H]1CN(C(=O)OC(C)(C)C)[C@](C)(C(=O)O)C1. The van der Waals surface area contributed by atoms with Crippen LogP contribution >= 0.6 is 0 Å². The first-order valence-electron chi connectivity index (χ1n) is 10.8. The molecule has 9 heteroatoms. The zero-order chi connectivity index (χ0) is 24.4. The topological polar surface area (TPSA) is 111 Å². The van der Waals surface area contributed by atoms with Gasteiger partial charge in [0, 0.05) is 12.5 Å². The Morgan fingerprint density at radius 3 is 2.64 bits per heavy atom. The zero-order valence-electron chi connectivity index (χ0n) is 19.8. The van der Waals surface area contributed by atoms with E-state index in [1.807, 2.05) is 12.1 Å². The Bertz CT molecular complexity index is 1060. The highest BCUT2D eigenvalue weighted by Crippen LogP contribution is 2.34. The van der Waals surface area contributed by atoms with Crippen LogP contribution in [0.3, 0.4) is 0 Å². The summed E-state index contributed by atoms with van der Waals surface area (Å²) in [5.74, 6) is -0.181. The van der Waals surface area contributed by atoms with Gasteiger partial charge in [0.25, 0.3) is 0 Å². The van der Waals surface area contributed by atoms with E-state index in [2.05, 4.69) is 11.6 Å². The maximum atomic E-state index is 12.8. The number of methoxy groups -OCH3 is 1. The molecule has 9 nitrogen and oxygen atoms in total. The summed E-state index contributed by atoms with van der Waals surface area (Å²) in [4.78, 5) is 35.4. The van der Waals surface area contributed by atoms with Crippen molar-refractivity contribution in [1.82, 2.24) is 14.9 Å². The van der Waals surface area contributed by atoms with Crippen LogP contribution in [0.25, 0.3) is 11.0 Å². The van der Waals surface area contributed by atoms with Crippen LogP contribution in [0, 0.1) is 0 Å². The van der Waals surface area contributed by atoms with Gasteiger partial charge in [-0.1, -0.05) is 6.08 Å². The minimum atomic E-state index is -1.47. The number of nitrogens with zero attached hydrogens (tertiary/aromatic N) is 3. The Morgan fingerprint density at radius 2 is 2.03 bits per heavy atom. The van der Waals surface area contributed by atoms with Crippen molar-refractivity contribution in [2.24, 2.45) is 0 Å². The fourth-order valence-electron chi connectivity index (χ4n) is 3.73. The molecular weight excluding hydrogens is 426 g/mol. The van der Waals surface area contributed by atoms with E-state index in [0.717, 1.165) is 0 Å². The molecule has 0 radical (unpaired) electrons. The third kappa shape index (κ3) is 5.35. The number of aromatic nitrogens is 2. The van der Waals surface area contributed by atoms with Gasteiger partial charge in [0.15, 0.2) is 0 Å². The second-order valence-electron chi connectivity index (χ2n) is 9.27. The first-order chi connectivity index (χ1) is 15.5. The Labute approximate surface area is 193 Å². The summed E-state index contributed by atoms with van der Waals surface area (Å²) >= 11 is 0. The van der Waals surface area contributed by atoms with Crippen LogP contribution in [0.2, 0.25) is 0 Å². The molecule has 0 unspecified atom stereocenters. The van der Waals surface area contributed by atoms with Gasteiger partial charge >= 0.3 is 12.1 Å². The van der Waals surface area contributed by atoms with Crippen LogP contribution in [0.5, 0.6) is 11.6 Å². The van der Waals surface area contributed by atoms with Gasteiger partial charge in [-0.2, -0.15) is 0 Å². The van der Waals surface area contributed by atoms with E-state index >= 15 is 0 Å². The molecule has 0 aliphatic carbocycles. The fraction of sp³-hybridized carbons (Fsp3) is 0.500. The average Bonchev–Trinajstić information content (AvgIpc) is 3.08. The smallest absolute Gasteiger partial charge is 0.411 e. The Kier molecular flexibility index (Phi) is 6.81. The number of carbonyl (C=O) groups is 2. The van der Waals surface area contributed by atoms with Gasteiger partial charge in [0.1, 0.15) is 28.7 Å². The second kappa shape index (κ2) is 9.25. The normalized spacial score (nSPS) is 20.5. The lowest BCUT2D eigenvalue weighted by molar-refractivity contribution is -0.148. The Morgan fingerprint density at radius 1 is 1.30 bits per heavy atom. The lowest BCUT2D eigenvalue weighted by Crippen LogP contribution is -2.52. The fourth-order valence-corrected chi connectivity index (χ4v) is 3.73. The van der Waals surface area contributed by atoms with Gasteiger partial charge in [-0.3, -0.25) is 4.90 Å². The number of ether oxygens (including phenoxy) is 3. The van der Waals surface area contributed by atoms with Gasteiger partial charge < -0.3 is 19.3 Å². The van der Waals surface area contributed by atoms with Gasteiger partial charge in [-0.05, 0) is 52.7 Å². The van der Waals surface area contributed by atoms with Crippen molar-refractivity contribution < 1.29 is 28.9 Å². The highest BCUT2D eigenvalue weighted by molar-refractivity contribution is 5.85. The van der Waals surface area contributed by atoms with E-state index in [9.17, 15) is 14.7 Å². The van der Waals surface area contributed by atoms with E-state index in [1.165, 1.54) is 11.8 Å². The summed E-state index contributed by atoms with van der Waals surface area (Å²) in [6, 6.07) is 5.39. The second-order valence-corrected chi connectivity index (χ2v) is 9.27. The zero-order valence-corrected chi connectivity index (χ0v) is 19.8. The molecule has 2 heterocycles. The number of carboxylic acid groups (broad SMARTS) is 1. The molecule has 1 amide bonds. The van der Waals surface area contributed by atoms with Crippen molar-refractivity contribution in [2.45, 2.75) is 64.2 Å². The highest BCUT2D eigenvalue weighted by Gasteiger charge is 2.52. The number of hydrogen-bond donors (Lipinski definition) is 1. The summed E-state index contributed by atoms with van der Waals surface area (Å²) in [6.07, 6.45) is 1.81. The van der Waals surface area contributed by atoms with Crippen LogP contribution in [0.4, 0.5) is 4.79 Å². The van der Waals surface area contributed by atoms with Crippen molar-refractivity contribution in [3.8, 4) is 11.6 Å². The van der Waals surface area contributed by atoms with E-state index in [1.54, 1.807) is 40.0 Å². The maximum absolute atomic E-state index is 12.8. The van der Waals surface area contributed by atoms with Gasteiger partial charge in [-0.25, -0.2) is 19.6 Å². The summed E-state index contributed by atoms with van der Waals surface area (Å²) in [7, 11) is 1.57. The molecule has 2 atom stereocenters. The minimum Gasteiger partial charge on any atom is -0.497 e. The lowest BCUT2D eigenvalue weighted by atomic mass is 9.98. The van der Waals surface area contributed by atoms with Crippen molar-refractivity contribution in [2.75, 3.05) is 13.7 Å². The molecule has 1 fully saturated rings. The lowest BCUT2D eigenvalue weighted by Gasteiger charge is -2.32. The number of rotatable bonds is 7. The number of carboxylic acids is 1. The number of likely N-dealkylation sites (tertiary alicyclic amines) is 1. The molecule has 1 aliphatic rings. The third-order valence-electron chi connectivity index (χ3n) is 5.45. The van der Waals surface area contributed by atoms with Gasteiger partial charge in [0.05, 0.1) is 24.7 Å². The van der Waals surface area contributed by atoms with Crippen LogP contribution in [-0.2, 0) is 16.0 Å². The van der Waals surface area contributed by atoms with E-state index in [4.69, 9.17) is 19.2 Å². The summed E-state index contributed by atoms with van der Waals surface area (Å²) in [6.45, 7) is 10.5. The first-order valence-corrected chi connectivity index (χ1v) is 10.8. The van der Waals surface area contributed by atoms with Crippen LogP contribution in [0.15, 0.2) is 30.9 Å². The summed E-state index contributed by atoms with van der Waals surface area (Å²) in [5, 5.41) is 9.89. The van der Waals surface area contributed by atoms with Crippen molar-refractivity contribution in [3.63, 3.8) is 0 Å². The number of allylic oxidation sites excluding steroid dienone is 1. The number of aliphatic carboxylic acids is 1. The summed E-state index contributed by atoms with van der Waals surface area (Å²) in [5.41, 5.74) is -0.299. The van der Waals surface area contributed by atoms with Crippen molar-refractivity contribution in [3.05, 3.63) is 36.5 Å². The Hall–Kier alpha value is -3.36.